The molecule has 3 nitrogen and oxygen atoms in total. The molecule has 11 aromatic rings. The van der Waals surface area contributed by atoms with Crippen LogP contribution in [0.15, 0.2) is 185 Å². The van der Waals surface area contributed by atoms with Crippen molar-refractivity contribution in [2.24, 2.45) is 0 Å². The average Bonchev–Trinajstić information content (AvgIpc) is 3.88. The summed E-state index contributed by atoms with van der Waals surface area (Å²) in [6.45, 7) is 0. The Hall–Kier alpha value is -6.84. The third-order valence-corrected chi connectivity index (χ3v) is 10.7. The van der Waals surface area contributed by atoms with Crippen LogP contribution in [0.2, 0.25) is 0 Å². The molecule has 0 aliphatic rings. The van der Waals surface area contributed by atoms with Crippen LogP contribution in [0, 0.1) is 0 Å². The summed E-state index contributed by atoms with van der Waals surface area (Å²) in [5, 5.41) is 7.12. The van der Waals surface area contributed by atoms with E-state index >= 15 is 0 Å². The minimum atomic E-state index is 0.800. The molecule has 3 heteroatoms. The maximum absolute atomic E-state index is 6.44. The molecule has 11 rings (SSSR count). The molecule has 3 aromatic heterocycles. The van der Waals surface area contributed by atoms with Gasteiger partial charge in [-0.15, -0.1) is 0 Å². The zero-order valence-corrected chi connectivity index (χ0v) is 28.2. The van der Waals surface area contributed by atoms with Gasteiger partial charge in [-0.1, -0.05) is 127 Å². The molecule has 8 aromatic carbocycles. The fourth-order valence-electron chi connectivity index (χ4n) is 8.23. The fourth-order valence-corrected chi connectivity index (χ4v) is 8.23. The topological polar surface area (TPSA) is 31.2 Å². The van der Waals surface area contributed by atoms with Gasteiger partial charge in [0.1, 0.15) is 22.3 Å². The van der Waals surface area contributed by atoms with E-state index in [2.05, 4.69) is 168 Å². The molecule has 0 saturated carbocycles. The number of aromatic nitrogens is 1. The van der Waals surface area contributed by atoms with Crippen molar-refractivity contribution in [1.29, 1.82) is 0 Å². The number of rotatable bonds is 5. The Labute approximate surface area is 299 Å². The Morgan fingerprint density at radius 2 is 1.08 bits per heavy atom. The highest BCUT2D eigenvalue weighted by atomic mass is 16.3. The summed E-state index contributed by atoms with van der Waals surface area (Å²) in [6, 6.07) is 62.8. The molecule has 3 heterocycles. The van der Waals surface area contributed by atoms with Crippen molar-refractivity contribution in [3.63, 3.8) is 0 Å². The molecule has 244 valence electrons. The van der Waals surface area contributed by atoms with Gasteiger partial charge in [0.2, 0.25) is 0 Å². The van der Waals surface area contributed by atoms with Gasteiger partial charge in [0, 0.05) is 43.6 Å². The smallest absolute Gasteiger partial charge is 0.143 e. The molecule has 0 saturated heterocycles. The van der Waals surface area contributed by atoms with Crippen LogP contribution in [0.5, 0.6) is 0 Å². The molecule has 0 aliphatic heterocycles. The van der Waals surface area contributed by atoms with Crippen molar-refractivity contribution in [3.8, 4) is 27.9 Å². The van der Waals surface area contributed by atoms with Crippen molar-refractivity contribution in [2.45, 2.75) is 6.42 Å². The van der Waals surface area contributed by atoms with Crippen molar-refractivity contribution in [3.05, 3.63) is 187 Å². The van der Waals surface area contributed by atoms with Gasteiger partial charge in [-0.05, 0) is 82.8 Å². The van der Waals surface area contributed by atoms with Gasteiger partial charge in [-0.25, -0.2) is 0 Å². The molecule has 0 spiro atoms. The van der Waals surface area contributed by atoms with Crippen LogP contribution in [-0.4, -0.2) is 4.57 Å². The van der Waals surface area contributed by atoms with Crippen LogP contribution in [0.3, 0.4) is 0 Å². The molecule has 0 N–H and O–H groups in total. The monoisotopic (exact) mass is 665 g/mol. The summed E-state index contributed by atoms with van der Waals surface area (Å²) in [7, 11) is 0. The highest BCUT2D eigenvalue weighted by molar-refractivity contribution is 6.12. The highest BCUT2D eigenvalue weighted by Gasteiger charge is 2.17. The predicted octanol–water partition coefficient (Wildman–Crippen LogP) is 13.5. The maximum atomic E-state index is 6.44. The second-order valence-corrected chi connectivity index (χ2v) is 13.7. The summed E-state index contributed by atoms with van der Waals surface area (Å²) in [5.41, 5.74) is 14.3. The first-order valence-electron chi connectivity index (χ1n) is 17.8. The Kier molecular flexibility index (Phi) is 6.31. The molecule has 52 heavy (non-hydrogen) atoms. The van der Waals surface area contributed by atoms with E-state index in [0.717, 1.165) is 61.7 Å². The molecular weight excluding hydrogens is 635 g/mol. The first-order chi connectivity index (χ1) is 25.8. The van der Waals surface area contributed by atoms with Gasteiger partial charge in [0.05, 0.1) is 11.0 Å². The van der Waals surface area contributed by atoms with Crippen LogP contribution in [0.25, 0.3) is 93.6 Å². The fraction of sp³-hybridized carbons (Fsp3) is 0.0204. The SMILES string of the molecule is c1ccc(-n2c3ccccc3c3ccc(-c4ccc5oc6cccc(Cc7ccc(-c8cccc9c8oc8ccccc89)cc7)c6c5c4)cc32)cc1. The highest BCUT2D eigenvalue weighted by Crippen LogP contribution is 2.39. The van der Waals surface area contributed by atoms with Gasteiger partial charge >= 0.3 is 0 Å². The summed E-state index contributed by atoms with van der Waals surface area (Å²) in [5.74, 6) is 0. The third-order valence-electron chi connectivity index (χ3n) is 10.7. The van der Waals surface area contributed by atoms with Crippen molar-refractivity contribution < 1.29 is 8.83 Å². The Balaban J connectivity index is 0.983. The lowest BCUT2D eigenvalue weighted by Gasteiger charge is -2.09. The first-order valence-corrected chi connectivity index (χ1v) is 17.8. The second-order valence-electron chi connectivity index (χ2n) is 13.7. The van der Waals surface area contributed by atoms with E-state index in [0.29, 0.717) is 0 Å². The van der Waals surface area contributed by atoms with Crippen molar-refractivity contribution in [2.75, 3.05) is 0 Å². The molecular formula is C49H31NO2. The van der Waals surface area contributed by atoms with Gasteiger partial charge in [-0.2, -0.15) is 0 Å². The average molecular weight is 666 g/mol. The quantitative estimate of drug-likeness (QED) is 0.183. The van der Waals surface area contributed by atoms with Gasteiger partial charge in [0.15, 0.2) is 0 Å². The summed E-state index contributed by atoms with van der Waals surface area (Å²) in [4.78, 5) is 0. The number of para-hydroxylation sites is 4. The van der Waals surface area contributed by atoms with E-state index in [-0.39, 0.29) is 0 Å². The van der Waals surface area contributed by atoms with E-state index in [4.69, 9.17) is 8.83 Å². The number of nitrogens with zero attached hydrogens (tertiary/aromatic N) is 1. The minimum absolute atomic E-state index is 0.800. The number of benzene rings is 8. The molecule has 0 aliphatic carbocycles. The molecule has 0 atom stereocenters. The summed E-state index contributed by atoms with van der Waals surface area (Å²) in [6.07, 6.45) is 0.800. The van der Waals surface area contributed by atoms with Gasteiger partial charge < -0.3 is 13.4 Å². The van der Waals surface area contributed by atoms with Crippen LogP contribution >= 0.6 is 0 Å². The van der Waals surface area contributed by atoms with E-state index in [1.54, 1.807) is 0 Å². The van der Waals surface area contributed by atoms with Crippen LogP contribution in [0.1, 0.15) is 11.1 Å². The van der Waals surface area contributed by atoms with E-state index in [9.17, 15) is 0 Å². The molecule has 0 fully saturated rings. The van der Waals surface area contributed by atoms with Gasteiger partial charge in [0.25, 0.3) is 0 Å². The zero-order valence-electron chi connectivity index (χ0n) is 28.2. The Morgan fingerprint density at radius 3 is 1.98 bits per heavy atom. The zero-order chi connectivity index (χ0) is 34.2. The van der Waals surface area contributed by atoms with Crippen molar-refractivity contribution >= 4 is 65.7 Å². The summed E-state index contributed by atoms with van der Waals surface area (Å²) < 4.78 is 15.1. The normalized spacial score (nSPS) is 11.9. The number of hydrogen-bond donors (Lipinski definition) is 0. The predicted molar refractivity (Wildman–Crippen MR) is 215 cm³/mol. The largest absolute Gasteiger partial charge is 0.456 e. The maximum Gasteiger partial charge on any atom is 0.143 e. The second kappa shape index (κ2) is 11.3. The molecule has 0 radical (unpaired) electrons. The van der Waals surface area contributed by atoms with Crippen LogP contribution in [0.4, 0.5) is 0 Å². The summed E-state index contributed by atoms with van der Waals surface area (Å²) >= 11 is 0. The van der Waals surface area contributed by atoms with E-state index < -0.39 is 0 Å². The molecule has 0 amide bonds. The molecule has 0 bridgehead atoms. The Morgan fingerprint density at radius 1 is 0.404 bits per heavy atom. The lowest BCUT2D eigenvalue weighted by molar-refractivity contribution is 0.668. The first kappa shape index (κ1) is 28.9. The van der Waals surface area contributed by atoms with Crippen LogP contribution < -0.4 is 0 Å². The lowest BCUT2D eigenvalue weighted by atomic mass is 9.96. The van der Waals surface area contributed by atoms with Crippen molar-refractivity contribution in [1.82, 2.24) is 4.57 Å². The van der Waals surface area contributed by atoms with Gasteiger partial charge in [-0.3, -0.25) is 0 Å². The standard InChI is InChI=1S/C49H31NO2/c1-2-11-36(12-3-1)50-43-17-6-4-13-38(43)39-26-24-34(30-44(39)50)33-25-27-46-42(29-33)48-35(10-8-19-47(48)51-46)28-31-20-22-32(23-21-31)37-15-9-16-41-40-14-5-7-18-45(40)52-49(37)41/h1-27,29-30H,28H2. The Bertz CT molecular complexity index is 3140. The number of furan rings is 2. The number of hydrogen-bond acceptors (Lipinski definition) is 2. The number of fused-ring (bicyclic) bond motifs is 9. The lowest BCUT2D eigenvalue weighted by Crippen LogP contribution is -1.93. The van der Waals surface area contributed by atoms with E-state index in [1.807, 2.05) is 12.1 Å². The minimum Gasteiger partial charge on any atom is -0.456 e. The van der Waals surface area contributed by atoms with Crippen LogP contribution in [-0.2, 0) is 6.42 Å². The molecule has 0 unspecified atom stereocenters. The third kappa shape index (κ3) is 4.46. The van der Waals surface area contributed by atoms with E-state index in [1.165, 1.54) is 49.4 Å².